The number of nitrogens with zero attached hydrogens (tertiary/aromatic N) is 2. The van der Waals surface area contributed by atoms with Crippen LogP contribution in [-0.2, 0) is 13.0 Å². The number of aromatic nitrogens is 3. The van der Waals surface area contributed by atoms with E-state index in [1.54, 1.807) is 6.33 Å². The molecule has 2 aromatic heterocycles. The molecule has 4 nitrogen and oxygen atoms in total. The highest BCUT2D eigenvalue weighted by Crippen LogP contribution is 2.33. The van der Waals surface area contributed by atoms with Crippen molar-refractivity contribution in [1.29, 1.82) is 0 Å². The molecule has 0 fully saturated rings. The van der Waals surface area contributed by atoms with Crippen LogP contribution in [0.3, 0.4) is 0 Å². The molecule has 0 spiro atoms. The summed E-state index contributed by atoms with van der Waals surface area (Å²) in [7, 11) is 0. The number of H-pyrrole nitrogens is 1. The van der Waals surface area contributed by atoms with Gasteiger partial charge in [0.2, 0.25) is 0 Å². The van der Waals surface area contributed by atoms with Crippen molar-refractivity contribution in [2.75, 3.05) is 0 Å². The van der Waals surface area contributed by atoms with Crippen molar-refractivity contribution in [2.24, 2.45) is 0 Å². The van der Waals surface area contributed by atoms with Gasteiger partial charge in [-0.15, -0.1) is 0 Å². The van der Waals surface area contributed by atoms with E-state index < -0.39 is 0 Å². The van der Waals surface area contributed by atoms with Gasteiger partial charge in [-0.2, -0.15) is 0 Å². The van der Waals surface area contributed by atoms with Crippen LogP contribution in [0, 0.1) is 0 Å². The lowest BCUT2D eigenvalue weighted by molar-refractivity contribution is 0.103. The van der Waals surface area contributed by atoms with E-state index in [1.807, 2.05) is 42.7 Å². The van der Waals surface area contributed by atoms with E-state index in [-0.39, 0.29) is 5.78 Å². The molecule has 0 bridgehead atoms. The molecular weight excluding hydrogens is 442 g/mol. The Balaban J connectivity index is 1.38. The van der Waals surface area contributed by atoms with Gasteiger partial charge in [0.15, 0.2) is 5.78 Å². The van der Waals surface area contributed by atoms with Crippen LogP contribution in [-0.4, -0.2) is 20.3 Å². The van der Waals surface area contributed by atoms with Crippen LogP contribution < -0.4 is 0 Å². The van der Waals surface area contributed by atoms with Crippen molar-refractivity contribution < 1.29 is 4.79 Å². The smallest absolute Gasteiger partial charge is 0.195 e. The number of ketones is 1. The van der Waals surface area contributed by atoms with E-state index in [0.717, 1.165) is 34.0 Å². The second-order valence-electron chi connectivity index (χ2n) is 9.05. The molecule has 0 saturated heterocycles. The molecule has 0 radical (unpaired) electrons. The summed E-state index contributed by atoms with van der Waals surface area (Å²) >= 11 is 0. The standard InChI is InChI=1S/C32H25N3O/c36-32(26-15-13-24(14-16-26)17-23-7-2-1-3-8-23)31-21-35(19-27-18-33-22-34-27)20-30(31)29-12-6-10-25-9-4-5-11-28(25)29/h1-16,18,20-22H,17,19H2,(H,33,34). The van der Waals surface area contributed by atoms with E-state index in [4.69, 9.17) is 0 Å². The number of aromatic amines is 1. The molecule has 0 aliphatic carbocycles. The molecule has 0 amide bonds. The van der Waals surface area contributed by atoms with Gasteiger partial charge < -0.3 is 9.55 Å². The van der Waals surface area contributed by atoms with Crippen molar-refractivity contribution in [2.45, 2.75) is 13.0 Å². The van der Waals surface area contributed by atoms with Crippen LogP contribution in [0.2, 0.25) is 0 Å². The first-order valence-corrected chi connectivity index (χ1v) is 12.1. The molecular formula is C32H25N3O. The maximum Gasteiger partial charge on any atom is 0.195 e. The molecule has 4 heteroatoms. The number of carbonyl (C=O) groups is 1. The summed E-state index contributed by atoms with van der Waals surface area (Å²) in [4.78, 5) is 21.1. The largest absolute Gasteiger partial charge is 0.347 e. The summed E-state index contributed by atoms with van der Waals surface area (Å²) in [5, 5.41) is 2.28. The highest BCUT2D eigenvalue weighted by molar-refractivity contribution is 6.14. The predicted octanol–water partition coefficient (Wildman–Crippen LogP) is 6.90. The Hall–Kier alpha value is -4.70. The van der Waals surface area contributed by atoms with Gasteiger partial charge in [0.1, 0.15) is 0 Å². The second kappa shape index (κ2) is 9.51. The summed E-state index contributed by atoms with van der Waals surface area (Å²) in [5.74, 6) is 0.0209. The number of rotatable bonds is 7. The van der Waals surface area contributed by atoms with Gasteiger partial charge in [-0.05, 0) is 33.9 Å². The fourth-order valence-corrected chi connectivity index (χ4v) is 4.78. The highest BCUT2D eigenvalue weighted by atomic mass is 16.1. The van der Waals surface area contributed by atoms with Gasteiger partial charge in [-0.3, -0.25) is 4.79 Å². The fraction of sp³-hybridized carbons (Fsp3) is 0.0625. The van der Waals surface area contributed by atoms with Crippen LogP contribution in [0.1, 0.15) is 32.7 Å². The molecule has 2 heterocycles. The lowest BCUT2D eigenvalue weighted by Crippen LogP contribution is -2.03. The van der Waals surface area contributed by atoms with E-state index in [2.05, 4.69) is 87.5 Å². The topological polar surface area (TPSA) is 50.7 Å². The predicted molar refractivity (Wildman–Crippen MR) is 144 cm³/mol. The monoisotopic (exact) mass is 467 g/mol. The minimum atomic E-state index is 0.0209. The molecule has 0 aliphatic heterocycles. The molecule has 0 aliphatic rings. The number of benzene rings is 4. The molecule has 1 N–H and O–H groups in total. The summed E-state index contributed by atoms with van der Waals surface area (Å²) in [6, 6.07) is 32.9. The fourth-order valence-electron chi connectivity index (χ4n) is 4.78. The van der Waals surface area contributed by atoms with Gasteiger partial charge in [0, 0.05) is 35.3 Å². The highest BCUT2D eigenvalue weighted by Gasteiger charge is 2.19. The number of hydrogen-bond acceptors (Lipinski definition) is 2. The molecule has 4 aromatic carbocycles. The molecule has 0 saturated carbocycles. The van der Waals surface area contributed by atoms with Crippen LogP contribution in [0.15, 0.2) is 122 Å². The van der Waals surface area contributed by atoms with Crippen LogP contribution in [0.4, 0.5) is 0 Å². The second-order valence-corrected chi connectivity index (χ2v) is 9.05. The third kappa shape index (κ3) is 4.37. The quantitative estimate of drug-likeness (QED) is 0.260. The Kier molecular flexibility index (Phi) is 5.76. The van der Waals surface area contributed by atoms with E-state index >= 15 is 0 Å². The first-order valence-electron chi connectivity index (χ1n) is 12.1. The lowest BCUT2D eigenvalue weighted by Gasteiger charge is -2.08. The normalized spacial score (nSPS) is 11.1. The van der Waals surface area contributed by atoms with E-state index in [1.165, 1.54) is 11.1 Å². The Morgan fingerprint density at radius 1 is 0.750 bits per heavy atom. The summed E-state index contributed by atoms with van der Waals surface area (Å²) in [5.41, 5.74) is 6.80. The van der Waals surface area contributed by atoms with Crippen molar-refractivity contribution >= 4 is 16.6 Å². The zero-order chi connectivity index (χ0) is 24.3. The van der Waals surface area contributed by atoms with Crippen LogP contribution in [0.5, 0.6) is 0 Å². The van der Waals surface area contributed by atoms with Crippen LogP contribution >= 0.6 is 0 Å². The van der Waals surface area contributed by atoms with Crippen molar-refractivity contribution in [3.63, 3.8) is 0 Å². The Labute approximate surface area is 209 Å². The summed E-state index contributed by atoms with van der Waals surface area (Å²) < 4.78 is 2.06. The number of nitrogens with one attached hydrogen (secondary N) is 1. The lowest BCUT2D eigenvalue weighted by atomic mass is 9.94. The number of carbonyl (C=O) groups excluding carboxylic acids is 1. The molecule has 6 aromatic rings. The van der Waals surface area contributed by atoms with Gasteiger partial charge >= 0.3 is 0 Å². The van der Waals surface area contributed by atoms with Crippen molar-refractivity contribution in [3.8, 4) is 11.1 Å². The van der Waals surface area contributed by atoms with Gasteiger partial charge in [-0.25, -0.2) is 4.98 Å². The van der Waals surface area contributed by atoms with E-state index in [9.17, 15) is 4.79 Å². The third-order valence-corrected chi connectivity index (χ3v) is 6.58. The first kappa shape index (κ1) is 21.8. The number of fused-ring (bicyclic) bond motifs is 1. The summed E-state index contributed by atoms with van der Waals surface area (Å²) in [6.07, 6.45) is 8.35. The average molecular weight is 468 g/mol. The molecule has 6 rings (SSSR count). The molecule has 36 heavy (non-hydrogen) atoms. The van der Waals surface area contributed by atoms with Crippen molar-refractivity contribution in [3.05, 3.63) is 150 Å². The zero-order valence-corrected chi connectivity index (χ0v) is 19.8. The average Bonchev–Trinajstić information content (AvgIpc) is 3.59. The number of hydrogen-bond donors (Lipinski definition) is 1. The minimum Gasteiger partial charge on any atom is -0.347 e. The SMILES string of the molecule is O=C(c1ccc(Cc2ccccc2)cc1)c1cn(Cc2cnc[nH]2)cc1-c1cccc2ccccc12. The van der Waals surface area contributed by atoms with Crippen LogP contribution in [0.25, 0.3) is 21.9 Å². The maximum atomic E-state index is 13.8. The van der Waals surface area contributed by atoms with E-state index in [0.29, 0.717) is 17.7 Å². The van der Waals surface area contributed by atoms with Gasteiger partial charge in [0.05, 0.1) is 18.6 Å². The zero-order valence-electron chi connectivity index (χ0n) is 19.8. The minimum absolute atomic E-state index is 0.0209. The Bertz CT molecular complexity index is 1620. The first-order chi connectivity index (χ1) is 17.7. The van der Waals surface area contributed by atoms with Gasteiger partial charge in [-0.1, -0.05) is 97.1 Å². The molecule has 174 valence electrons. The number of imidazole rings is 1. The van der Waals surface area contributed by atoms with Crippen molar-refractivity contribution in [1.82, 2.24) is 14.5 Å². The Morgan fingerprint density at radius 3 is 2.31 bits per heavy atom. The molecule has 0 atom stereocenters. The third-order valence-electron chi connectivity index (χ3n) is 6.58. The summed E-state index contributed by atoms with van der Waals surface area (Å²) in [6.45, 7) is 0.612. The van der Waals surface area contributed by atoms with Gasteiger partial charge in [0.25, 0.3) is 0 Å². The Morgan fingerprint density at radius 2 is 1.50 bits per heavy atom. The molecule has 0 unspecified atom stereocenters. The maximum absolute atomic E-state index is 13.8.